The first kappa shape index (κ1) is 17.9. The minimum absolute atomic E-state index is 0.162. The summed E-state index contributed by atoms with van der Waals surface area (Å²) < 4.78 is 29.2. The lowest BCUT2D eigenvalue weighted by molar-refractivity contribution is 0.270. The van der Waals surface area contributed by atoms with E-state index in [2.05, 4.69) is 6.58 Å². The average Bonchev–Trinajstić information content (AvgIpc) is 2.79. The summed E-state index contributed by atoms with van der Waals surface area (Å²) in [6.07, 6.45) is 3.27. The molecule has 0 spiro atoms. The first-order chi connectivity index (χ1) is 9.55. The van der Waals surface area contributed by atoms with Gasteiger partial charge in [-0.1, -0.05) is 6.08 Å². The highest BCUT2D eigenvalue weighted by molar-refractivity contribution is 7.89. The van der Waals surface area contributed by atoms with Crippen molar-refractivity contribution in [3.8, 4) is 0 Å². The zero-order chi connectivity index (χ0) is 16.4. The van der Waals surface area contributed by atoms with Crippen LogP contribution < -0.4 is 5.73 Å². The van der Waals surface area contributed by atoms with Gasteiger partial charge in [-0.25, -0.2) is 8.42 Å². The molecule has 0 saturated carbocycles. The van der Waals surface area contributed by atoms with Crippen LogP contribution in [0, 0.1) is 0 Å². The summed E-state index contributed by atoms with van der Waals surface area (Å²) in [7, 11) is -3.58. The maximum atomic E-state index is 12.9. The molecule has 1 heterocycles. The van der Waals surface area contributed by atoms with E-state index in [1.807, 2.05) is 39.2 Å². The number of nitrogens with two attached hydrogens (primary N) is 1. The molecule has 2 N–H and O–H groups in total. The van der Waals surface area contributed by atoms with Crippen molar-refractivity contribution in [2.45, 2.75) is 57.6 Å². The molecular formula is C15H27N3O2S. The molecule has 0 radical (unpaired) electrons. The molecule has 1 aromatic rings. The molecule has 0 aromatic carbocycles. The molecule has 0 saturated heterocycles. The molecule has 0 aliphatic carbocycles. The molecular weight excluding hydrogens is 286 g/mol. The lowest BCUT2D eigenvalue weighted by atomic mass is 10.1. The van der Waals surface area contributed by atoms with Crippen LogP contribution in [0.1, 0.15) is 46.4 Å². The highest BCUT2D eigenvalue weighted by atomic mass is 32.2. The molecule has 1 aromatic heterocycles. The Balaban J connectivity index is 3.38. The van der Waals surface area contributed by atoms with E-state index in [0.29, 0.717) is 6.54 Å². The Labute approximate surface area is 128 Å². The van der Waals surface area contributed by atoms with Gasteiger partial charge in [0.2, 0.25) is 10.0 Å². The van der Waals surface area contributed by atoms with Crippen LogP contribution in [0.25, 0.3) is 0 Å². The highest BCUT2D eigenvalue weighted by Gasteiger charge is 2.34. The lowest BCUT2D eigenvalue weighted by Crippen LogP contribution is -2.45. The highest BCUT2D eigenvalue weighted by Crippen LogP contribution is 2.27. The molecule has 0 aliphatic heterocycles. The van der Waals surface area contributed by atoms with Gasteiger partial charge in [0.25, 0.3) is 0 Å². The van der Waals surface area contributed by atoms with E-state index < -0.39 is 15.6 Å². The van der Waals surface area contributed by atoms with Gasteiger partial charge >= 0.3 is 0 Å². The summed E-state index contributed by atoms with van der Waals surface area (Å²) in [5.41, 5.74) is 6.02. The SMILES string of the molecule is C=CCN(C(C)(C)C)S(=O)(=O)c1cc(CN)n(C(C)C)c1. The van der Waals surface area contributed by atoms with Crippen molar-refractivity contribution >= 4 is 10.0 Å². The van der Waals surface area contributed by atoms with Crippen molar-refractivity contribution in [1.82, 2.24) is 8.87 Å². The third-order valence-corrected chi connectivity index (χ3v) is 5.40. The number of aromatic nitrogens is 1. The number of sulfonamides is 1. The summed E-state index contributed by atoms with van der Waals surface area (Å²) in [6.45, 7) is 13.9. The Bertz CT molecular complexity index is 595. The molecule has 0 bridgehead atoms. The van der Waals surface area contributed by atoms with Crippen molar-refractivity contribution in [3.63, 3.8) is 0 Å². The smallest absolute Gasteiger partial charge is 0.245 e. The van der Waals surface area contributed by atoms with Gasteiger partial charge in [0.05, 0.1) is 0 Å². The minimum Gasteiger partial charge on any atom is -0.346 e. The quantitative estimate of drug-likeness (QED) is 0.820. The maximum absolute atomic E-state index is 12.9. The zero-order valence-corrected chi connectivity index (χ0v) is 14.4. The number of hydrogen-bond acceptors (Lipinski definition) is 3. The molecule has 6 heteroatoms. The molecule has 120 valence electrons. The summed E-state index contributed by atoms with van der Waals surface area (Å²) >= 11 is 0. The monoisotopic (exact) mass is 313 g/mol. The molecule has 0 unspecified atom stereocenters. The van der Waals surface area contributed by atoms with E-state index in [0.717, 1.165) is 5.69 Å². The van der Waals surface area contributed by atoms with Gasteiger partial charge in [0.1, 0.15) is 4.90 Å². The fraction of sp³-hybridized carbons (Fsp3) is 0.600. The van der Waals surface area contributed by atoms with Crippen molar-refractivity contribution < 1.29 is 8.42 Å². The molecule has 21 heavy (non-hydrogen) atoms. The van der Waals surface area contributed by atoms with E-state index in [9.17, 15) is 8.42 Å². The van der Waals surface area contributed by atoms with Crippen molar-refractivity contribution in [3.05, 3.63) is 30.6 Å². The number of rotatable bonds is 6. The van der Waals surface area contributed by atoms with Crippen molar-refractivity contribution in [2.24, 2.45) is 5.73 Å². The molecule has 0 aliphatic rings. The van der Waals surface area contributed by atoms with Crippen molar-refractivity contribution in [1.29, 1.82) is 0 Å². The van der Waals surface area contributed by atoms with Gasteiger partial charge in [0, 0.05) is 36.6 Å². The third-order valence-electron chi connectivity index (χ3n) is 3.30. The van der Waals surface area contributed by atoms with E-state index in [1.165, 1.54) is 4.31 Å². The zero-order valence-electron chi connectivity index (χ0n) is 13.6. The average molecular weight is 313 g/mol. The molecule has 1 rings (SSSR count). The van der Waals surface area contributed by atoms with E-state index in [4.69, 9.17) is 5.73 Å². The van der Waals surface area contributed by atoms with Crippen LogP contribution in [0.4, 0.5) is 0 Å². The van der Waals surface area contributed by atoms with Gasteiger partial charge in [0.15, 0.2) is 0 Å². The summed E-state index contributed by atoms with van der Waals surface area (Å²) in [6, 6.07) is 1.83. The Hall–Kier alpha value is -1.11. The summed E-state index contributed by atoms with van der Waals surface area (Å²) in [5, 5.41) is 0. The number of nitrogens with zero attached hydrogens (tertiary/aromatic N) is 2. The number of hydrogen-bond donors (Lipinski definition) is 1. The van der Waals surface area contributed by atoms with Crippen LogP contribution in [-0.2, 0) is 16.6 Å². The fourth-order valence-electron chi connectivity index (χ4n) is 2.26. The molecule has 0 amide bonds. The van der Waals surface area contributed by atoms with Gasteiger partial charge in [-0.05, 0) is 40.7 Å². The van der Waals surface area contributed by atoms with E-state index in [-0.39, 0.29) is 17.5 Å². The Morgan fingerprint density at radius 1 is 1.43 bits per heavy atom. The largest absolute Gasteiger partial charge is 0.346 e. The van der Waals surface area contributed by atoms with E-state index in [1.54, 1.807) is 18.3 Å². The predicted molar refractivity (Wildman–Crippen MR) is 86.6 cm³/mol. The lowest BCUT2D eigenvalue weighted by Gasteiger charge is -2.33. The first-order valence-electron chi connectivity index (χ1n) is 7.10. The predicted octanol–water partition coefficient (Wildman–Crippen LogP) is 2.50. The molecule has 0 fully saturated rings. The summed E-state index contributed by atoms with van der Waals surface area (Å²) in [5.74, 6) is 0. The van der Waals surface area contributed by atoms with Crippen LogP contribution >= 0.6 is 0 Å². The van der Waals surface area contributed by atoms with Crippen LogP contribution in [-0.4, -0.2) is 29.4 Å². The van der Waals surface area contributed by atoms with Gasteiger partial charge in [-0.15, -0.1) is 6.58 Å². The maximum Gasteiger partial charge on any atom is 0.245 e. The van der Waals surface area contributed by atoms with Crippen LogP contribution in [0.2, 0.25) is 0 Å². The van der Waals surface area contributed by atoms with Gasteiger partial charge < -0.3 is 10.3 Å². The van der Waals surface area contributed by atoms with E-state index >= 15 is 0 Å². The normalized spacial score (nSPS) is 13.1. The minimum atomic E-state index is -3.58. The topological polar surface area (TPSA) is 68.3 Å². The summed E-state index contributed by atoms with van der Waals surface area (Å²) in [4.78, 5) is 0.286. The van der Waals surface area contributed by atoms with Gasteiger partial charge in [-0.2, -0.15) is 4.31 Å². The second kappa shape index (κ2) is 6.34. The second-order valence-corrected chi connectivity index (χ2v) is 8.23. The van der Waals surface area contributed by atoms with Crippen LogP contribution in [0.5, 0.6) is 0 Å². The Morgan fingerprint density at radius 3 is 2.33 bits per heavy atom. The Morgan fingerprint density at radius 2 is 2.00 bits per heavy atom. The van der Waals surface area contributed by atoms with Gasteiger partial charge in [-0.3, -0.25) is 0 Å². The third kappa shape index (κ3) is 3.75. The van der Waals surface area contributed by atoms with Crippen molar-refractivity contribution in [2.75, 3.05) is 6.54 Å². The molecule has 0 atom stereocenters. The van der Waals surface area contributed by atoms with Crippen LogP contribution in [0.15, 0.2) is 29.8 Å². The second-order valence-electron chi connectivity index (χ2n) is 6.37. The standard InChI is InChI=1S/C15H27N3O2S/c1-7-8-18(15(4,5)6)21(19,20)14-9-13(10-16)17(11-14)12(2)3/h7,9,11-12H,1,8,10,16H2,2-6H3. The fourth-order valence-corrected chi connectivity index (χ4v) is 4.07. The van der Waals surface area contributed by atoms with Crippen LogP contribution in [0.3, 0.4) is 0 Å². The molecule has 5 nitrogen and oxygen atoms in total. The first-order valence-corrected chi connectivity index (χ1v) is 8.54. The Kier molecular flexibility index (Phi) is 5.41.